The summed E-state index contributed by atoms with van der Waals surface area (Å²) < 4.78 is 20.8. The molecular formula is C15H12BrFN4OS. The zero-order valence-electron chi connectivity index (χ0n) is 12.1. The van der Waals surface area contributed by atoms with Gasteiger partial charge in [-0.15, -0.1) is 5.10 Å². The topological polar surface area (TPSA) is 52.8 Å². The molecule has 1 heterocycles. The second-order valence-corrected chi connectivity index (χ2v) is 6.37. The number of thioether (sulfide) groups is 1. The van der Waals surface area contributed by atoms with Gasteiger partial charge in [0.25, 0.3) is 0 Å². The summed E-state index contributed by atoms with van der Waals surface area (Å²) in [6, 6.07) is 12.1. The van der Waals surface area contributed by atoms with Crippen LogP contribution in [-0.4, -0.2) is 27.3 Å². The fraction of sp³-hybridized carbons (Fsp3) is 0.133. The van der Waals surface area contributed by atoms with Gasteiger partial charge >= 0.3 is 0 Å². The average molecular weight is 395 g/mol. The van der Waals surface area contributed by atoms with Crippen molar-refractivity contribution in [2.45, 2.75) is 10.9 Å². The standard InChI is InChI=1S/C15H12BrFN4OS/c1-22-14-5-3-2-4-13(14)21-15(18-19-20-21)23-9-10-6-7-11(17)8-12(10)16/h2-8H,9H2,1H3. The van der Waals surface area contributed by atoms with Crippen LogP contribution in [0, 0.1) is 5.82 Å². The Bertz CT molecular complexity index is 827. The normalized spacial score (nSPS) is 10.7. The molecule has 5 nitrogen and oxygen atoms in total. The van der Waals surface area contributed by atoms with E-state index in [-0.39, 0.29) is 5.82 Å². The Hall–Kier alpha value is -1.93. The number of tetrazole rings is 1. The van der Waals surface area contributed by atoms with Crippen LogP contribution in [0.2, 0.25) is 0 Å². The highest BCUT2D eigenvalue weighted by molar-refractivity contribution is 9.10. The number of benzene rings is 2. The summed E-state index contributed by atoms with van der Waals surface area (Å²) in [6.07, 6.45) is 0. The van der Waals surface area contributed by atoms with E-state index in [1.165, 1.54) is 23.9 Å². The number of halogens is 2. The smallest absolute Gasteiger partial charge is 0.214 e. The van der Waals surface area contributed by atoms with Gasteiger partial charge in [-0.3, -0.25) is 0 Å². The van der Waals surface area contributed by atoms with Crippen molar-refractivity contribution >= 4 is 27.7 Å². The molecule has 3 rings (SSSR count). The predicted molar refractivity (Wildman–Crippen MR) is 89.4 cm³/mol. The van der Waals surface area contributed by atoms with Crippen molar-refractivity contribution in [2.24, 2.45) is 0 Å². The maximum atomic E-state index is 13.1. The minimum absolute atomic E-state index is 0.274. The van der Waals surface area contributed by atoms with Gasteiger partial charge in [-0.05, 0) is 40.3 Å². The monoisotopic (exact) mass is 394 g/mol. The first-order chi connectivity index (χ1) is 11.2. The number of nitrogens with zero attached hydrogens (tertiary/aromatic N) is 4. The molecule has 0 bridgehead atoms. The Morgan fingerprint density at radius 2 is 2.09 bits per heavy atom. The van der Waals surface area contributed by atoms with Crippen molar-refractivity contribution in [1.29, 1.82) is 0 Å². The molecule has 0 atom stereocenters. The lowest BCUT2D eigenvalue weighted by molar-refractivity contribution is 0.410. The molecule has 0 radical (unpaired) electrons. The highest BCUT2D eigenvalue weighted by Gasteiger charge is 2.13. The lowest BCUT2D eigenvalue weighted by Crippen LogP contribution is -2.02. The third-order valence-electron chi connectivity index (χ3n) is 3.13. The van der Waals surface area contributed by atoms with Crippen molar-refractivity contribution in [2.75, 3.05) is 7.11 Å². The molecular weight excluding hydrogens is 383 g/mol. The molecule has 0 aliphatic rings. The molecule has 3 aromatic rings. The Kier molecular flexibility index (Phi) is 4.92. The maximum Gasteiger partial charge on any atom is 0.214 e. The summed E-state index contributed by atoms with van der Waals surface area (Å²) in [5.41, 5.74) is 1.73. The number of aromatic nitrogens is 4. The number of hydrogen-bond acceptors (Lipinski definition) is 5. The largest absolute Gasteiger partial charge is 0.494 e. The van der Waals surface area contributed by atoms with Gasteiger partial charge in [0.1, 0.15) is 17.3 Å². The Labute approximate surface area is 145 Å². The quantitative estimate of drug-likeness (QED) is 0.614. The zero-order valence-corrected chi connectivity index (χ0v) is 14.5. The van der Waals surface area contributed by atoms with E-state index in [1.807, 2.05) is 24.3 Å². The van der Waals surface area contributed by atoms with Crippen LogP contribution in [0.15, 0.2) is 52.1 Å². The number of rotatable bonds is 5. The first kappa shape index (κ1) is 15.9. The average Bonchev–Trinajstić information content (AvgIpc) is 3.02. The van der Waals surface area contributed by atoms with Crippen molar-refractivity contribution in [1.82, 2.24) is 20.2 Å². The van der Waals surface area contributed by atoms with E-state index in [1.54, 1.807) is 17.9 Å². The Morgan fingerprint density at radius 3 is 2.87 bits per heavy atom. The molecule has 0 aliphatic heterocycles. The summed E-state index contributed by atoms with van der Waals surface area (Å²) in [5.74, 6) is 1.02. The summed E-state index contributed by atoms with van der Waals surface area (Å²) >= 11 is 4.83. The van der Waals surface area contributed by atoms with Crippen molar-refractivity contribution in [3.05, 3.63) is 58.3 Å². The van der Waals surface area contributed by atoms with E-state index in [0.717, 1.165) is 15.7 Å². The summed E-state index contributed by atoms with van der Waals surface area (Å²) in [4.78, 5) is 0. The van der Waals surface area contributed by atoms with E-state index in [2.05, 4.69) is 31.5 Å². The van der Waals surface area contributed by atoms with Crippen molar-refractivity contribution < 1.29 is 9.13 Å². The van der Waals surface area contributed by atoms with Crippen LogP contribution in [0.4, 0.5) is 4.39 Å². The van der Waals surface area contributed by atoms with Gasteiger partial charge in [0.2, 0.25) is 5.16 Å². The van der Waals surface area contributed by atoms with E-state index >= 15 is 0 Å². The Morgan fingerprint density at radius 1 is 1.26 bits per heavy atom. The molecule has 0 amide bonds. The maximum absolute atomic E-state index is 13.1. The molecule has 2 aromatic carbocycles. The van der Waals surface area contributed by atoms with Crippen LogP contribution >= 0.6 is 27.7 Å². The molecule has 118 valence electrons. The van der Waals surface area contributed by atoms with Gasteiger partial charge in [0, 0.05) is 10.2 Å². The molecule has 23 heavy (non-hydrogen) atoms. The summed E-state index contributed by atoms with van der Waals surface area (Å²) in [6.45, 7) is 0. The van der Waals surface area contributed by atoms with Gasteiger partial charge in [-0.2, -0.15) is 4.68 Å². The lowest BCUT2D eigenvalue weighted by Gasteiger charge is -2.09. The summed E-state index contributed by atoms with van der Waals surface area (Å²) in [5, 5.41) is 12.4. The minimum Gasteiger partial charge on any atom is -0.494 e. The van der Waals surface area contributed by atoms with Crippen molar-refractivity contribution in [3.63, 3.8) is 0 Å². The minimum atomic E-state index is -0.274. The predicted octanol–water partition coefficient (Wildman–Crippen LogP) is 3.86. The molecule has 1 aromatic heterocycles. The second-order valence-electron chi connectivity index (χ2n) is 4.57. The number of ether oxygens (including phenoxy) is 1. The van der Waals surface area contributed by atoms with Crippen molar-refractivity contribution in [3.8, 4) is 11.4 Å². The van der Waals surface area contributed by atoms with Crippen LogP contribution in [0.3, 0.4) is 0 Å². The molecule has 0 spiro atoms. The number of hydrogen-bond donors (Lipinski definition) is 0. The van der Waals surface area contributed by atoms with Crippen LogP contribution in [0.25, 0.3) is 5.69 Å². The molecule has 0 saturated heterocycles. The fourth-order valence-electron chi connectivity index (χ4n) is 2.01. The SMILES string of the molecule is COc1ccccc1-n1nnnc1SCc1ccc(F)cc1Br. The highest BCUT2D eigenvalue weighted by Crippen LogP contribution is 2.29. The second kappa shape index (κ2) is 7.10. The van der Waals surface area contributed by atoms with Gasteiger partial charge in [-0.25, -0.2) is 4.39 Å². The van der Waals surface area contributed by atoms with Gasteiger partial charge < -0.3 is 4.74 Å². The van der Waals surface area contributed by atoms with Gasteiger partial charge in [0.15, 0.2) is 0 Å². The highest BCUT2D eigenvalue weighted by atomic mass is 79.9. The van der Waals surface area contributed by atoms with Crippen LogP contribution in [0.5, 0.6) is 5.75 Å². The zero-order chi connectivity index (χ0) is 16.2. The summed E-state index contributed by atoms with van der Waals surface area (Å²) in [7, 11) is 1.60. The van der Waals surface area contributed by atoms with E-state index in [0.29, 0.717) is 16.7 Å². The molecule has 0 N–H and O–H groups in total. The van der Waals surface area contributed by atoms with E-state index in [4.69, 9.17) is 4.74 Å². The molecule has 0 fully saturated rings. The van der Waals surface area contributed by atoms with E-state index in [9.17, 15) is 4.39 Å². The number of para-hydroxylation sites is 2. The Balaban J connectivity index is 1.84. The molecule has 0 aliphatic carbocycles. The van der Waals surface area contributed by atoms with Crippen LogP contribution in [0.1, 0.15) is 5.56 Å². The van der Waals surface area contributed by atoms with Crippen LogP contribution in [-0.2, 0) is 5.75 Å². The number of methoxy groups -OCH3 is 1. The molecule has 0 unspecified atom stereocenters. The molecule has 8 heteroatoms. The van der Waals surface area contributed by atoms with E-state index < -0.39 is 0 Å². The fourth-order valence-corrected chi connectivity index (χ4v) is 3.57. The lowest BCUT2D eigenvalue weighted by atomic mass is 10.2. The molecule has 0 saturated carbocycles. The third kappa shape index (κ3) is 3.53. The third-order valence-corrected chi connectivity index (χ3v) is 4.83. The first-order valence-electron chi connectivity index (χ1n) is 6.67. The first-order valence-corrected chi connectivity index (χ1v) is 8.45. The van der Waals surface area contributed by atoms with Crippen LogP contribution < -0.4 is 4.74 Å². The van der Waals surface area contributed by atoms with Gasteiger partial charge in [0.05, 0.1) is 7.11 Å². The van der Waals surface area contributed by atoms with Gasteiger partial charge in [-0.1, -0.05) is 45.9 Å².